The SMILES string of the molecule is COc1ccc(C(Cl)c2cc3ccccc3s2)cc1C. The molecule has 1 unspecified atom stereocenters. The molecule has 1 atom stereocenters. The maximum atomic E-state index is 6.64. The standard InChI is InChI=1S/C17H15ClOS/c1-11-9-13(7-8-14(11)19-2)17(18)16-10-12-5-3-4-6-15(12)20-16/h3-10,17H,1-2H3. The third-order valence-electron chi connectivity index (χ3n) is 3.41. The van der Waals surface area contributed by atoms with Crippen molar-refractivity contribution in [1.82, 2.24) is 0 Å². The second-order valence-corrected chi connectivity index (χ2v) is 6.33. The van der Waals surface area contributed by atoms with E-state index in [1.165, 1.54) is 15.0 Å². The van der Waals surface area contributed by atoms with Crippen LogP contribution in [-0.4, -0.2) is 7.11 Å². The largest absolute Gasteiger partial charge is 0.496 e. The van der Waals surface area contributed by atoms with Crippen molar-refractivity contribution in [2.45, 2.75) is 12.3 Å². The Kier molecular flexibility index (Phi) is 3.68. The van der Waals surface area contributed by atoms with Crippen LogP contribution >= 0.6 is 22.9 Å². The van der Waals surface area contributed by atoms with Gasteiger partial charge in [-0.15, -0.1) is 22.9 Å². The maximum absolute atomic E-state index is 6.64. The summed E-state index contributed by atoms with van der Waals surface area (Å²) in [7, 11) is 1.69. The number of benzene rings is 2. The smallest absolute Gasteiger partial charge is 0.121 e. The number of fused-ring (bicyclic) bond motifs is 1. The van der Waals surface area contributed by atoms with Crippen LogP contribution in [0.15, 0.2) is 48.5 Å². The van der Waals surface area contributed by atoms with Crippen molar-refractivity contribution in [2.75, 3.05) is 7.11 Å². The lowest BCUT2D eigenvalue weighted by Gasteiger charge is -2.11. The average molecular weight is 303 g/mol. The van der Waals surface area contributed by atoms with Crippen LogP contribution < -0.4 is 4.74 Å². The Hall–Kier alpha value is -1.51. The number of halogens is 1. The summed E-state index contributed by atoms with van der Waals surface area (Å²) in [5, 5.41) is 1.14. The number of methoxy groups -OCH3 is 1. The molecule has 3 rings (SSSR count). The number of ether oxygens (including phenoxy) is 1. The number of aryl methyl sites for hydroxylation is 1. The summed E-state index contributed by atoms with van der Waals surface area (Å²) in [6, 6.07) is 16.7. The van der Waals surface area contributed by atoms with Crippen LogP contribution in [0.4, 0.5) is 0 Å². The van der Waals surface area contributed by atoms with E-state index in [2.05, 4.69) is 36.4 Å². The van der Waals surface area contributed by atoms with E-state index in [-0.39, 0.29) is 5.38 Å². The summed E-state index contributed by atoms with van der Waals surface area (Å²) in [4.78, 5) is 1.18. The van der Waals surface area contributed by atoms with Gasteiger partial charge < -0.3 is 4.74 Å². The topological polar surface area (TPSA) is 9.23 Å². The van der Waals surface area contributed by atoms with E-state index in [0.717, 1.165) is 16.9 Å². The average Bonchev–Trinajstić information content (AvgIpc) is 2.90. The van der Waals surface area contributed by atoms with Crippen LogP contribution in [0.2, 0.25) is 0 Å². The molecule has 0 amide bonds. The molecule has 1 nitrogen and oxygen atoms in total. The van der Waals surface area contributed by atoms with Gasteiger partial charge >= 0.3 is 0 Å². The second-order valence-electron chi connectivity index (χ2n) is 4.78. The molecule has 0 radical (unpaired) electrons. The van der Waals surface area contributed by atoms with Gasteiger partial charge in [0.2, 0.25) is 0 Å². The van der Waals surface area contributed by atoms with Crippen molar-refractivity contribution in [3.63, 3.8) is 0 Å². The summed E-state index contributed by atoms with van der Waals surface area (Å²) in [5.74, 6) is 0.897. The molecule has 0 fully saturated rings. The Morgan fingerprint density at radius 1 is 1.10 bits per heavy atom. The van der Waals surface area contributed by atoms with Crippen LogP contribution in [0, 0.1) is 6.92 Å². The van der Waals surface area contributed by atoms with Crippen molar-refractivity contribution in [3.05, 3.63) is 64.5 Å². The quantitative estimate of drug-likeness (QED) is 0.577. The lowest BCUT2D eigenvalue weighted by Crippen LogP contribution is -1.93. The number of hydrogen-bond donors (Lipinski definition) is 0. The van der Waals surface area contributed by atoms with Gasteiger partial charge in [0.15, 0.2) is 0 Å². The van der Waals surface area contributed by atoms with Crippen molar-refractivity contribution in [2.24, 2.45) is 0 Å². The van der Waals surface area contributed by atoms with Gasteiger partial charge in [-0.3, -0.25) is 0 Å². The molecule has 0 aliphatic heterocycles. The molecule has 0 bridgehead atoms. The molecule has 0 aliphatic rings. The van der Waals surface area contributed by atoms with Crippen molar-refractivity contribution < 1.29 is 4.74 Å². The highest BCUT2D eigenvalue weighted by molar-refractivity contribution is 7.19. The van der Waals surface area contributed by atoms with Crippen LogP contribution in [0.5, 0.6) is 5.75 Å². The van der Waals surface area contributed by atoms with Crippen LogP contribution in [0.3, 0.4) is 0 Å². The van der Waals surface area contributed by atoms with E-state index in [1.807, 2.05) is 19.1 Å². The van der Waals surface area contributed by atoms with E-state index in [0.29, 0.717) is 0 Å². The zero-order valence-corrected chi connectivity index (χ0v) is 13.0. The first kappa shape index (κ1) is 13.5. The van der Waals surface area contributed by atoms with Gasteiger partial charge in [0, 0.05) is 9.58 Å². The van der Waals surface area contributed by atoms with E-state index >= 15 is 0 Å². The minimum atomic E-state index is -0.114. The van der Waals surface area contributed by atoms with Crippen LogP contribution in [0.1, 0.15) is 21.4 Å². The molecule has 0 spiro atoms. The monoisotopic (exact) mass is 302 g/mol. The first-order valence-corrected chi connectivity index (χ1v) is 7.71. The molecule has 102 valence electrons. The van der Waals surface area contributed by atoms with E-state index in [9.17, 15) is 0 Å². The molecule has 3 aromatic rings. The summed E-state index contributed by atoms with van der Waals surface area (Å²) < 4.78 is 6.57. The first-order chi connectivity index (χ1) is 9.69. The Morgan fingerprint density at radius 2 is 1.90 bits per heavy atom. The van der Waals surface area contributed by atoms with Crippen molar-refractivity contribution >= 4 is 33.0 Å². The fourth-order valence-corrected chi connectivity index (χ4v) is 3.75. The first-order valence-electron chi connectivity index (χ1n) is 6.46. The lowest BCUT2D eigenvalue weighted by molar-refractivity contribution is 0.411. The minimum absolute atomic E-state index is 0.114. The molecule has 0 saturated heterocycles. The third kappa shape index (κ3) is 2.41. The number of thiophene rings is 1. The van der Waals surface area contributed by atoms with E-state index < -0.39 is 0 Å². The minimum Gasteiger partial charge on any atom is -0.496 e. The number of hydrogen-bond acceptors (Lipinski definition) is 2. The maximum Gasteiger partial charge on any atom is 0.121 e. The van der Waals surface area contributed by atoms with Gasteiger partial charge in [-0.2, -0.15) is 0 Å². The number of rotatable bonds is 3. The Morgan fingerprint density at radius 3 is 2.60 bits per heavy atom. The molecule has 3 heteroatoms. The van der Waals surface area contributed by atoms with E-state index in [4.69, 9.17) is 16.3 Å². The highest BCUT2D eigenvalue weighted by atomic mass is 35.5. The number of alkyl halides is 1. The predicted octanol–water partition coefficient (Wildman–Crippen LogP) is 5.55. The molecule has 1 heterocycles. The Labute approximate surface area is 127 Å². The highest BCUT2D eigenvalue weighted by Crippen LogP contribution is 2.38. The molecule has 0 aliphatic carbocycles. The molecule has 2 aromatic carbocycles. The van der Waals surface area contributed by atoms with E-state index in [1.54, 1.807) is 18.4 Å². The highest BCUT2D eigenvalue weighted by Gasteiger charge is 2.15. The third-order valence-corrected chi connectivity index (χ3v) is 5.20. The van der Waals surface area contributed by atoms with Gasteiger partial charge in [-0.25, -0.2) is 0 Å². The molecule has 0 saturated carbocycles. The van der Waals surface area contributed by atoms with Gasteiger partial charge in [0.1, 0.15) is 5.75 Å². The predicted molar refractivity (Wildman–Crippen MR) is 87.3 cm³/mol. The summed E-state index contributed by atoms with van der Waals surface area (Å²) in [6.45, 7) is 2.04. The Balaban J connectivity index is 1.99. The Bertz CT molecular complexity index is 715. The zero-order chi connectivity index (χ0) is 14.1. The van der Waals surface area contributed by atoms with Gasteiger partial charge in [-0.05, 0) is 41.6 Å². The van der Waals surface area contributed by atoms with Gasteiger partial charge in [0.05, 0.1) is 12.5 Å². The second kappa shape index (κ2) is 5.47. The molecule has 1 aromatic heterocycles. The summed E-state index contributed by atoms with van der Waals surface area (Å²) in [5.41, 5.74) is 2.22. The normalized spacial score (nSPS) is 12.6. The van der Waals surface area contributed by atoms with Gasteiger partial charge in [-0.1, -0.05) is 30.3 Å². The lowest BCUT2D eigenvalue weighted by atomic mass is 10.1. The zero-order valence-electron chi connectivity index (χ0n) is 11.4. The fourth-order valence-electron chi connectivity index (χ4n) is 2.35. The van der Waals surface area contributed by atoms with Crippen LogP contribution in [-0.2, 0) is 0 Å². The molecule has 0 N–H and O–H groups in total. The molecular formula is C17H15ClOS. The summed E-state index contributed by atoms with van der Waals surface area (Å²) in [6.07, 6.45) is 0. The molecule has 20 heavy (non-hydrogen) atoms. The molecular weight excluding hydrogens is 288 g/mol. The van der Waals surface area contributed by atoms with Crippen LogP contribution in [0.25, 0.3) is 10.1 Å². The van der Waals surface area contributed by atoms with Gasteiger partial charge in [0.25, 0.3) is 0 Å². The van der Waals surface area contributed by atoms with Crippen molar-refractivity contribution in [1.29, 1.82) is 0 Å². The fraction of sp³-hybridized carbons (Fsp3) is 0.176. The van der Waals surface area contributed by atoms with Crippen molar-refractivity contribution in [3.8, 4) is 5.75 Å². The summed E-state index contributed by atoms with van der Waals surface area (Å²) >= 11 is 8.39.